The van der Waals surface area contributed by atoms with Gasteiger partial charge in [-0.15, -0.1) is 0 Å². The molecule has 2 rings (SSSR count). The number of hydrogen-bond donors (Lipinski definition) is 1. The molecular weight excluding hydrogens is 221 g/mol. The molecule has 17 heavy (non-hydrogen) atoms. The second-order valence-corrected chi connectivity index (χ2v) is 3.85. The van der Waals surface area contributed by atoms with Gasteiger partial charge in [-0.3, -0.25) is 4.79 Å². The number of halogens is 1. The molecule has 0 atom stereocenters. The summed E-state index contributed by atoms with van der Waals surface area (Å²) in [6, 6.07) is 5.95. The molecule has 0 aliphatic rings. The molecule has 1 heterocycles. The summed E-state index contributed by atoms with van der Waals surface area (Å²) in [6.07, 6.45) is 1.45. The van der Waals surface area contributed by atoms with Gasteiger partial charge in [0.05, 0.1) is 6.26 Å². The zero-order chi connectivity index (χ0) is 12.4. The number of amides is 1. The van der Waals surface area contributed by atoms with Crippen molar-refractivity contribution in [3.05, 3.63) is 53.2 Å². The normalized spacial score (nSPS) is 10.3. The van der Waals surface area contributed by atoms with E-state index in [1.807, 2.05) is 0 Å². The molecule has 0 radical (unpaired) electrons. The van der Waals surface area contributed by atoms with Crippen molar-refractivity contribution < 1.29 is 13.6 Å². The maximum absolute atomic E-state index is 13.0. The molecule has 0 bridgehead atoms. The zero-order valence-electron chi connectivity index (χ0n) is 9.58. The first-order valence-corrected chi connectivity index (χ1v) is 5.19. The molecule has 1 amide bonds. The Morgan fingerprint density at radius 1 is 1.24 bits per heavy atom. The minimum atomic E-state index is -0.387. The van der Waals surface area contributed by atoms with Gasteiger partial charge in [0, 0.05) is 11.3 Å². The zero-order valence-corrected chi connectivity index (χ0v) is 9.58. The SMILES string of the molecule is Cc1ccc(F)cc1NC(=O)c1occc1C. The van der Waals surface area contributed by atoms with Gasteiger partial charge in [0.2, 0.25) is 0 Å². The van der Waals surface area contributed by atoms with Gasteiger partial charge in [0.1, 0.15) is 5.82 Å². The second kappa shape index (κ2) is 4.41. The van der Waals surface area contributed by atoms with E-state index in [1.54, 1.807) is 26.0 Å². The van der Waals surface area contributed by atoms with Crippen LogP contribution in [0.4, 0.5) is 10.1 Å². The van der Waals surface area contributed by atoms with E-state index in [1.165, 1.54) is 18.4 Å². The Bertz CT molecular complexity index is 560. The average molecular weight is 233 g/mol. The lowest BCUT2D eigenvalue weighted by Crippen LogP contribution is -2.13. The van der Waals surface area contributed by atoms with E-state index in [0.29, 0.717) is 5.69 Å². The van der Waals surface area contributed by atoms with Gasteiger partial charge in [-0.2, -0.15) is 0 Å². The van der Waals surface area contributed by atoms with Gasteiger partial charge in [-0.05, 0) is 37.6 Å². The highest BCUT2D eigenvalue weighted by atomic mass is 19.1. The first kappa shape index (κ1) is 11.4. The Labute approximate surface area is 98.3 Å². The highest BCUT2D eigenvalue weighted by molar-refractivity contribution is 6.03. The molecule has 0 unspecified atom stereocenters. The molecule has 88 valence electrons. The number of aryl methyl sites for hydroxylation is 2. The number of furan rings is 1. The van der Waals surface area contributed by atoms with E-state index < -0.39 is 0 Å². The van der Waals surface area contributed by atoms with E-state index >= 15 is 0 Å². The van der Waals surface area contributed by atoms with Crippen LogP contribution in [0, 0.1) is 19.7 Å². The summed E-state index contributed by atoms with van der Waals surface area (Å²) in [6.45, 7) is 3.57. The number of hydrogen-bond acceptors (Lipinski definition) is 2. The van der Waals surface area contributed by atoms with Crippen molar-refractivity contribution in [2.24, 2.45) is 0 Å². The standard InChI is InChI=1S/C13H12FNO2/c1-8-3-4-10(14)7-11(8)15-13(16)12-9(2)5-6-17-12/h3-7H,1-2H3,(H,15,16). The average Bonchev–Trinajstić information content (AvgIpc) is 2.70. The van der Waals surface area contributed by atoms with Crippen LogP contribution in [0.25, 0.3) is 0 Å². The summed E-state index contributed by atoms with van der Waals surface area (Å²) < 4.78 is 18.1. The van der Waals surface area contributed by atoms with Gasteiger partial charge in [-0.25, -0.2) is 4.39 Å². The van der Waals surface area contributed by atoms with Crippen LogP contribution in [0.15, 0.2) is 34.9 Å². The molecule has 0 fully saturated rings. The van der Waals surface area contributed by atoms with Gasteiger partial charge in [0.25, 0.3) is 5.91 Å². The number of nitrogens with one attached hydrogen (secondary N) is 1. The highest BCUT2D eigenvalue weighted by Crippen LogP contribution is 2.18. The Hall–Kier alpha value is -2.10. The molecule has 0 aliphatic carbocycles. The van der Waals surface area contributed by atoms with Crippen molar-refractivity contribution in [1.82, 2.24) is 0 Å². The summed E-state index contributed by atoms with van der Waals surface area (Å²) in [5, 5.41) is 2.62. The third-order valence-electron chi connectivity index (χ3n) is 2.52. The lowest BCUT2D eigenvalue weighted by Gasteiger charge is -2.07. The molecule has 3 nitrogen and oxygen atoms in total. The lowest BCUT2D eigenvalue weighted by molar-refractivity contribution is 0.0996. The van der Waals surface area contributed by atoms with Crippen molar-refractivity contribution >= 4 is 11.6 Å². The maximum Gasteiger partial charge on any atom is 0.291 e. The third kappa shape index (κ3) is 2.36. The summed E-state index contributed by atoms with van der Waals surface area (Å²) in [4.78, 5) is 11.8. The van der Waals surface area contributed by atoms with Crippen LogP contribution in [0.2, 0.25) is 0 Å². The molecule has 0 spiro atoms. The molecule has 0 aliphatic heterocycles. The molecule has 1 aromatic carbocycles. The topological polar surface area (TPSA) is 42.2 Å². The number of carbonyl (C=O) groups is 1. The predicted octanol–water partition coefficient (Wildman–Crippen LogP) is 3.29. The van der Waals surface area contributed by atoms with Crippen molar-refractivity contribution in [2.45, 2.75) is 13.8 Å². The van der Waals surface area contributed by atoms with Crippen LogP contribution in [-0.4, -0.2) is 5.91 Å². The first-order chi connectivity index (χ1) is 8.08. The summed E-state index contributed by atoms with van der Waals surface area (Å²) >= 11 is 0. The minimum absolute atomic E-state index is 0.244. The van der Waals surface area contributed by atoms with Crippen molar-refractivity contribution in [3.63, 3.8) is 0 Å². The molecule has 2 aromatic rings. The Morgan fingerprint density at radius 2 is 2.00 bits per heavy atom. The molecular formula is C13H12FNO2. The Balaban J connectivity index is 2.24. The van der Waals surface area contributed by atoms with Gasteiger partial charge in [-0.1, -0.05) is 6.07 Å². The summed E-state index contributed by atoms with van der Waals surface area (Å²) in [7, 11) is 0. The van der Waals surface area contributed by atoms with Crippen LogP contribution in [0.1, 0.15) is 21.7 Å². The van der Waals surface area contributed by atoms with E-state index in [2.05, 4.69) is 5.32 Å². The summed E-state index contributed by atoms with van der Waals surface area (Å²) in [5.41, 5.74) is 1.99. The van der Waals surface area contributed by atoms with Gasteiger partial charge in [0.15, 0.2) is 5.76 Å². The van der Waals surface area contributed by atoms with Crippen molar-refractivity contribution in [1.29, 1.82) is 0 Å². The molecule has 0 saturated heterocycles. The largest absolute Gasteiger partial charge is 0.459 e. The third-order valence-corrected chi connectivity index (χ3v) is 2.52. The van der Waals surface area contributed by atoms with Crippen LogP contribution in [-0.2, 0) is 0 Å². The highest BCUT2D eigenvalue weighted by Gasteiger charge is 2.13. The lowest BCUT2D eigenvalue weighted by atomic mass is 10.2. The number of rotatable bonds is 2. The Morgan fingerprint density at radius 3 is 2.65 bits per heavy atom. The fourth-order valence-corrected chi connectivity index (χ4v) is 1.51. The van der Waals surface area contributed by atoms with Crippen LogP contribution >= 0.6 is 0 Å². The summed E-state index contributed by atoms with van der Waals surface area (Å²) in [5.74, 6) is -0.517. The fourth-order valence-electron chi connectivity index (χ4n) is 1.51. The molecule has 1 N–H and O–H groups in total. The molecule has 4 heteroatoms. The first-order valence-electron chi connectivity index (χ1n) is 5.19. The quantitative estimate of drug-likeness (QED) is 0.864. The van der Waals surface area contributed by atoms with Crippen LogP contribution in [0.3, 0.4) is 0 Å². The fraction of sp³-hybridized carbons (Fsp3) is 0.154. The van der Waals surface area contributed by atoms with E-state index in [0.717, 1.165) is 11.1 Å². The minimum Gasteiger partial charge on any atom is -0.459 e. The predicted molar refractivity (Wildman–Crippen MR) is 62.5 cm³/mol. The van der Waals surface area contributed by atoms with E-state index in [4.69, 9.17) is 4.42 Å². The van der Waals surface area contributed by atoms with Crippen molar-refractivity contribution in [2.75, 3.05) is 5.32 Å². The smallest absolute Gasteiger partial charge is 0.291 e. The second-order valence-electron chi connectivity index (χ2n) is 3.85. The number of carbonyl (C=O) groups excluding carboxylic acids is 1. The molecule has 0 saturated carbocycles. The van der Waals surface area contributed by atoms with E-state index in [-0.39, 0.29) is 17.5 Å². The maximum atomic E-state index is 13.0. The monoisotopic (exact) mass is 233 g/mol. The van der Waals surface area contributed by atoms with E-state index in [9.17, 15) is 9.18 Å². The van der Waals surface area contributed by atoms with Gasteiger partial charge < -0.3 is 9.73 Å². The van der Waals surface area contributed by atoms with Gasteiger partial charge >= 0.3 is 0 Å². The Kier molecular flexibility index (Phi) is 2.95. The van der Waals surface area contributed by atoms with Crippen molar-refractivity contribution in [3.8, 4) is 0 Å². The number of anilines is 1. The number of benzene rings is 1. The molecule has 1 aromatic heterocycles. The van der Waals surface area contributed by atoms with Crippen LogP contribution in [0.5, 0.6) is 0 Å². The van der Waals surface area contributed by atoms with Crippen LogP contribution < -0.4 is 5.32 Å².